The highest BCUT2D eigenvalue weighted by Gasteiger charge is 2.26. The molecule has 0 aromatic heterocycles. The summed E-state index contributed by atoms with van der Waals surface area (Å²) in [6.07, 6.45) is 0.126. The Hall–Kier alpha value is -2.89. The van der Waals surface area contributed by atoms with E-state index in [-0.39, 0.29) is 18.3 Å². The van der Waals surface area contributed by atoms with Crippen molar-refractivity contribution >= 4 is 5.97 Å². The van der Waals surface area contributed by atoms with E-state index in [0.29, 0.717) is 29.6 Å². The summed E-state index contributed by atoms with van der Waals surface area (Å²) in [6.45, 7) is 2.10. The van der Waals surface area contributed by atoms with Crippen LogP contribution in [0, 0.1) is 0 Å². The van der Waals surface area contributed by atoms with Crippen molar-refractivity contribution in [2.24, 2.45) is 0 Å². The van der Waals surface area contributed by atoms with Gasteiger partial charge in [-0.2, -0.15) is 0 Å². The second kappa shape index (κ2) is 9.71. The SMILES string of the molecule is CCOC(=O)CC(c1cc(OC)ccc1OC)c1cc(OC)ccc1OC. The molecule has 0 unspecified atom stereocenters. The van der Waals surface area contributed by atoms with E-state index in [0.717, 1.165) is 11.1 Å². The molecule has 2 aromatic rings. The van der Waals surface area contributed by atoms with Crippen LogP contribution >= 0.6 is 0 Å². The van der Waals surface area contributed by atoms with Gasteiger partial charge in [-0.3, -0.25) is 4.79 Å². The first kappa shape index (κ1) is 20.4. The van der Waals surface area contributed by atoms with Crippen molar-refractivity contribution in [2.45, 2.75) is 19.3 Å². The van der Waals surface area contributed by atoms with Gasteiger partial charge in [-0.15, -0.1) is 0 Å². The second-order valence-electron chi connectivity index (χ2n) is 5.78. The van der Waals surface area contributed by atoms with Crippen LogP contribution in [0.4, 0.5) is 0 Å². The van der Waals surface area contributed by atoms with Crippen molar-refractivity contribution < 1.29 is 28.5 Å². The largest absolute Gasteiger partial charge is 0.497 e. The quantitative estimate of drug-likeness (QED) is 0.622. The zero-order valence-corrected chi connectivity index (χ0v) is 16.4. The van der Waals surface area contributed by atoms with Gasteiger partial charge in [0, 0.05) is 17.0 Å². The third-order valence-corrected chi connectivity index (χ3v) is 4.30. The molecule has 0 aliphatic rings. The second-order valence-corrected chi connectivity index (χ2v) is 5.78. The third kappa shape index (κ3) is 4.84. The molecule has 0 heterocycles. The number of ether oxygens (including phenoxy) is 5. The van der Waals surface area contributed by atoms with Crippen LogP contribution < -0.4 is 18.9 Å². The Morgan fingerprint density at radius 1 is 0.815 bits per heavy atom. The third-order valence-electron chi connectivity index (χ3n) is 4.30. The Balaban J connectivity index is 2.64. The first-order valence-corrected chi connectivity index (χ1v) is 8.67. The van der Waals surface area contributed by atoms with Crippen molar-refractivity contribution in [2.75, 3.05) is 35.0 Å². The molecule has 0 radical (unpaired) electrons. The Labute approximate surface area is 160 Å². The van der Waals surface area contributed by atoms with E-state index < -0.39 is 0 Å². The molecule has 146 valence electrons. The number of hydrogen-bond donors (Lipinski definition) is 0. The van der Waals surface area contributed by atoms with Crippen molar-refractivity contribution in [3.05, 3.63) is 47.5 Å². The molecule has 2 aromatic carbocycles. The highest BCUT2D eigenvalue weighted by Crippen LogP contribution is 2.41. The molecule has 0 N–H and O–H groups in total. The molecule has 0 saturated heterocycles. The summed E-state index contributed by atoms with van der Waals surface area (Å²) in [5, 5.41) is 0. The van der Waals surface area contributed by atoms with E-state index in [1.807, 2.05) is 36.4 Å². The minimum Gasteiger partial charge on any atom is -0.497 e. The first-order valence-electron chi connectivity index (χ1n) is 8.67. The molecular formula is C21H26O6. The molecule has 0 aliphatic heterocycles. The molecule has 27 heavy (non-hydrogen) atoms. The van der Waals surface area contributed by atoms with E-state index in [4.69, 9.17) is 23.7 Å². The van der Waals surface area contributed by atoms with Gasteiger partial charge in [0.2, 0.25) is 0 Å². The Morgan fingerprint density at radius 3 is 1.67 bits per heavy atom. The monoisotopic (exact) mass is 374 g/mol. The molecule has 0 bridgehead atoms. The van der Waals surface area contributed by atoms with Crippen LogP contribution in [-0.4, -0.2) is 41.0 Å². The Bertz CT molecular complexity index is 716. The highest BCUT2D eigenvalue weighted by atomic mass is 16.5. The van der Waals surface area contributed by atoms with Gasteiger partial charge in [0.25, 0.3) is 0 Å². The number of esters is 1. The van der Waals surface area contributed by atoms with Gasteiger partial charge < -0.3 is 23.7 Å². The summed E-state index contributed by atoms with van der Waals surface area (Å²) in [5.74, 6) is 1.96. The van der Waals surface area contributed by atoms with Gasteiger partial charge in [0.15, 0.2) is 0 Å². The lowest BCUT2D eigenvalue weighted by molar-refractivity contribution is -0.143. The zero-order chi connectivity index (χ0) is 19.8. The molecular weight excluding hydrogens is 348 g/mol. The fourth-order valence-electron chi connectivity index (χ4n) is 3.00. The van der Waals surface area contributed by atoms with Gasteiger partial charge >= 0.3 is 5.97 Å². The maximum absolute atomic E-state index is 12.3. The summed E-state index contributed by atoms with van der Waals surface area (Å²) in [4.78, 5) is 12.3. The van der Waals surface area contributed by atoms with Gasteiger partial charge in [-0.05, 0) is 43.3 Å². The Kier molecular flexibility index (Phi) is 7.34. The molecule has 6 nitrogen and oxygen atoms in total. The van der Waals surface area contributed by atoms with Crippen LogP contribution in [0.3, 0.4) is 0 Å². The molecule has 0 amide bonds. The van der Waals surface area contributed by atoms with Crippen molar-refractivity contribution in [1.29, 1.82) is 0 Å². The predicted octanol–water partition coefficient (Wildman–Crippen LogP) is 3.81. The maximum atomic E-state index is 12.3. The minimum atomic E-state index is -0.362. The summed E-state index contributed by atoms with van der Waals surface area (Å²) < 4.78 is 27.0. The average molecular weight is 374 g/mol. The normalized spacial score (nSPS) is 10.4. The average Bonchev–Trinajstić information content (AvgIpc) is 2.71. The molecule has 0 aliphatic carbocycles. The lowest BCUT2D eigenvalue weighted by Gasteiger charge is -2.23. The van der Waals surface area contributed by atoms with Gasteiger partial charge in [-0.1, -0.05) is 0 Å². The van der Waals surface area contributed by atoms with Crippen LogP contribution in [0.5, 0.6) is 23.0 Å². The topological polar surface area (TPSA) is 63.2 Å². The molecule has 0 atom stereocenters. The first-order chi connectivity index (χ1) is 13.1. The summed E-state index contributed by atoms with van der Waals surface area (Å²) in [5.41, 5.74) is 1.60. The highest BCUT2D eigenvalue weighted by molar-refractivity contribution is 5.72. The van der Waals surface area contributed by atoms with E-state index in [1.165, 1.54) is 0 Å². The number of methoxy groups -OCH3 is 4. The maximum Gasteiger partial charge on any atom is 0.306 e. The van der Waals surface area contributed by atoms with Gasteiger partial charge in [0.05, 0.1) is 41.5 Å². The molecule has 2 rings (SSSR count). The van der Waals surface area contributed by atoms with E-state index in [2.05, 4.69) is 0 Å². The smallest absolute Gasteiger partial charge is 0.306 e. The minimum absolute atomic E-state index is 0.126. The van der Waals surface area contributed by atoms with Gasteiger partial charge in [-0.25, -0.2) is 0 Å². The molecule has 6 heteroatoms. The lowest BCUT2D eigenvalue weighted by atomic mass is 9.87. The van der Waals surface area contributed by atoms with E-state index in [1.54, 1.807) is 35.4 Å². The number of carbonyl (C=O) groups excluding carboxylic acids is 1. The van der Waals surface area contributed by atoms with E-state index >= 15 is 0 Å². The van der Waals surface area contributed by atoms with Crippen LogP contribution in [-0.2, 0) is 9.53 Å². The molecule has 0 spiro atoms. The summed E-state index contributed by atoms with van der Waals surface area (Å²) in [7, 11) is 6.38. The number of benzene rings is 2. The molecule has 0 fully saturated rings. The standard InChI is InChI=1S/C21H26O6/c1-6-27-21(22)13-16(17-11-14(23-2)7-9-19(17)25-4)18-12-15(24-3)8-10-20(18)26-5/h7-12,16H,6,13H2,1-5H3. The Morgan fingerprint density at radius 2 is 1.30 bits per heavy atom. The van der Waals surface area contributed by atoms with Crippen LogP contribution in [0.2, 0.25) is 0 Å². The number of rotatable bonds is 9. The van der Waals surface area contributed by atoms with E-state index in [9.17, 15) is 4.79 Å². The van der Waals surface area contributed by atoms with Crippen molar-refractivity contribution in [3.8, 4) is 23.0 Å². The fraction of sp³-hybridized carbons (Fsp3) is 0.381. The number of carbonyl (C=O) groups is 1. The van der Waals surface area contributed by atoms with Crippen LogP contribution in [0.15, 0.2) is 36.4 Å². The fourth-order valence-corrected chi connectivity index (χ4v) is 3.00. The van der Waals surface area contributed by atoms with Crippen LogP contribution in [0.1, 0.15) is 30.4 Å². The van der Waals surface area contributed by atoms with Crippen LogP contribution in [0.25, 0.3) is 0 Å². The lowest BCUT2D eigenvalue weighted by Crippen LogP contribution is -2.13. The molecule has 0 saturated carbocycles. The number of hydrogen-bond acceptors (Lipinski definition) is 6. The summed E-state index contributed by atoms with van der Waals surface area (Å²) >= 11 is 0. The van der Waals surface area contributed by atoms with Gasteiger partial charge in [0.1, 0.15) is 23.0 Å². The zero-order valence-electron chi connectivity index (χ0n) is 16.4. The predicted molar refractivity (Wildman–Crippen MR) is 102 cm³/mol. The van der Waals surface area contributed by atoms with Crippen molar-refractivity contribution in [1.82, 2.24) is 0 Å². The summed E-state index contributed by atoms with van der Waals surface area (Å²) in [6, 6.07) is 11.0. The van der Waals surface area contributed by atoms with Crippen molar-refractivity contribution in [3.63, 3.8) is 0 Å².